The van der Waals surface area contributed by atoms with Crippen LogP contribution in [0.3, 0.4) is 0 Å². The molecule has 2 atom stereocenters. The summed E-state index contributed by atoms with van der Waals surface area (Å²) in [7, 11) is 1.73. The van der Waals surface area contributed by atoms with E-state index in [1.807, 2.05) is 0 Å². The largest absolute Gasteiger partial charge is 0.495 e. The molecule has 2 unspecified atom stereocenters. The second-order valence-electron chi connectivity index (χ2n) is 4.86. The van der Waals surface area contributed by atoms with Crippen molar-refractivity contribution in [1.29, 1.82) is 0 Å². The van der Waals surface area contributed by atoms with Gasteiger partial charge in [-0.25, -0.2) is 0 Å². The van der Waals surface area contributed by atoms with Crippen molar-refractivity contribution in [3.63, 3.8) is 0 Å². The number of anilines is 1. The molecule has 88 valence electrons. The van der Waals surface area contributed by atoms with E-state index < -0.39 is 0 Å². The first-order valence-electron chi connectivity index (χ1n) is 6.12. The molecule has 0 radical (unpaired) electrons. The number of hydrogen-bond donors (Lipinski definition) is 1. The highest BCUT2D eigenvalue weighted by molar-refractivity contribution is 5.58. The first-order chi connectivity index (χ1) is 7.70. The van der Waals surface area contributed by atoms with Crippen LogP contribution in [0.2, 0.25) is 0 Å². The van der Waals surface area contributed by atoms with Crippen LogP contribution in [0.1, 0.15) is 31.7 Å². The Bertz CT molecular complexity index is 362. The van der Waals surface area contributed by atoms with E-state index in [4.69, 9.17) is 4.74 Å². The summed E-state index contributed by atoms with van der Waals surface area (Å²) in [4.78, 5) is 0. The normalized spacial score (nSPS) is 24.4. The second-order valence-corrected chi connectivity index (χ2v) is 4.86. The molecule has 1 fully saturated rings. The Hall–Kier alpha value is -1.18. The van der Waals surface area contributed by atoms with Crippen LogP contribution in [0, 0.1) is 12.8 Å². The number of methoxy groups -OCH3 is 1. The average molecular weight is 219 g/mol. The van der Waals surface area contributed by atoms with E-state index in [1.165, 1.54) is 24.8 Å². The summed E-state index contributed by atoms with van der Waals surface area (Å²) >= 11 is 0. The predicted molar refractivity (Wildman–Crippen MR) is 68.2 cm³/mol. The molecule has 0 spiro atoms. The molecule has 1 aliphatic carbocycles. The van der Waals surface area contributed by atoms with E-state index in [1.54, 1.807) is 7.11 Å². The highest BCUT2D eigenvalue weighted by atomic mass is 16.5. The molecule has 2 nitrogen and oxygen atoms in total. The van der Waals surface area contributed by atoms with Gasteiger partial charge in [0, 0.05) is 6.04 Å². The Labute approximate surface area is 98.0 Å². The van der Waals surface area contributed by atoms with Crippen LogP contribution in [-0.2, 0) is 0 Å². The molecule has 2 heteroatoms. The summed E-state index contributed by atoms with van der Waals surface area (Å²) < 4.78 is 5.41. The molecular formula is C14H21NO. The van der Waals surface area contributed by atoms with Crippen molar-refractivity contribution in [2.24, 2.45) is 5.92 Å². The van der Waals surface area contributed by atoms with Gasteiger partial charge in [-0.15, -0.1) is 0 Å². The third kappa shape index (κ3) is 2.31. The fourth-order valence-electron chi connectivity index (χ4n) is 2.48. The number of rotatable bonds is 3. The fraction of sp³-hybridized carbons (Fsp3) is 0.571. The van der Waals surface area contributed by atoms with Gasteiger partial charge in [-0.1, -0.05) is 19.4 Å². The van der Waals surface area contributed by atoms with E-state index in [0.717, 1.165) is 17.4 Å². The molecule has 0 saturated heterocycles. The number of ether oxygens (including phenoxy) is 1. The molecule has 16 heavy (non-hydrogen) atoms. The van der Waals surface area contributed by atoms with Gasteiger partial charge < -0.3 is 10.1 Å². The van der Waals surface area contributed by atoms with Crippen molar-refractivity contribution in [1.82, 2.24) is 0 Å². The quantitative estimate of drug-likeness (QED) is 0.838. The van der Waals surface area contributed by atoms with Gasteiger partial charge in [0.1, 0.15) is 5.75 Å². The maximum Gasteiger partial charge on any atom is 0.142 e. The van der Waals surface area contributed by atoms with Crippen LogP contribution in [0.15, 0.2) is 18.2 Å². The van der Waals surface area contributed by atoms with Crippen LogP contribution < -0.4 is 10.1 Å². The summed E-state index contributed by atoms with van der Waals surface area (Å²) in [6, 6.07) is 6.95. The van der Waals surface area contributed by atoms with Crippen molar-refractivity contribution in [3.05, 3.63) is 23.8 Å². The fourth-order valence-corrected chi connectivity index (χ4v) is 2.48. The molecule has 0 amide bonds. The standard InChI is InChI=1S/C14H21NO/c1-10-7-8-13(14(9-10)16-3)15-12-6-4-5-11(12)2/h7-9,11-12,15H,4-6H2,1-3H3. The average Bonchev–Trinajstić information content (AvgIpc) is 2.67. The Balaban J connectivity index is 2.14. The van der Waals surface area contributed by atoms with E-state index in [2.05, 4.69) is 37.4 Å². The van der Waals surface area contributed by atoms with E-state index in [9.17, 15) is 0 Å². The zero-order valence-electron chi connectivity index (χ0n) is 10.4. The van der Waals surface area contributed by atoms with Gasteiger partial charge in [-0.05, 0) is 43.4 Å². The van der Waals surface area contributed by atoms with Gasteiger partial charge in [0.2, 0.25) is 0 Å². The smallest absolute Gasteiger partial charge is 0.142 e. The van der Waals surface area contributed by atoms with Gasteiger partial charge in [0.05, 0.1) is 12.8 Å². The molecule has 0 aliphatic heterocycles. The topological polar surface area (TPSA) is 21.3 Å². The van der Waals surface area contributed by atoms with Crippen LogP contribution in [0.4, 0.5) is 5.69 Å². The first kappa shape index (κ1) is 11.3. The minimum atomic E-state index is 0.608. The second kappa shape index (κ2) is 4.77. The minimum Gasteiger partial charge on any atom is -0.495 e. The zero-order chi connectivity index (χ0) is 11.5. The molecular weight excluding hydrogens is 198 g/mol. The van der Waals surface area contributed by atoms with Crippen LogP contribution >= 0.6 is 0 Å². The summed E-state index contributed by atoms with van der Waals surface area (Å²) in [6.45, 7) is 4.41. The number of benzene rings is 1. The van der Waals surface area contributed by atoms with Crippen molar-refractivity contribution < 1.29 is 4.74 Å². The lowest BCUT2D eigenvalue weighted by atomic mass is 10.1. The molecule has 1 aromatic rings. The van der Waals surface area contributed by atoms with Gasteiger partial charge in [-0.3, -0.25) is 0 Å². The lowest BCUT2D eigenvalue weighted by Crippen LogP contribution is -2.22. The van der Waals surface area contributed by atoms with Crippen molar-refractivity contribution >= 4 is 5.69 Å². The summed E-state index contributed by atoms with van der Waals surface area (Å²) in [5.41, 5.74) is 2.37. The van der Waals surface area contributed by atoms with Gasteiger partial charge >= 0.3 is 0 Å². The molecule has 1 saturated carbocycles. The molecule has 0 aromatic heterocycles. The van der Waals surface area contributed by atoms with E-state index in [-0.39, 0.29) is 0 Å². The van der Waals surface area contributed by atoms with E-state index in [0.29, 0.717) is 6.04 Å². The van der Waals surface area contributed by atoms with Gasteiger partial charge in [-0.2, -0.15) is 0 Å². The van der Waals surface area contributed by atoms with Crippen molar-refractivity contribution in [2.45, 2.75) is 39.2 Å². The van der Waals surface area contributed by atoms with Gasteiger partial charge in [0.15, 0.2) is 0 Å². The molecule has 1 aromatic carbocycles. The molecule has 0 bridgehead atoms. The van der Waals surface area contributed by atoms with E-state index >= 15 is 0 Å². The van der Waals surface area contributed by atoms with Crippen LogP contribution in [-0.4, -0.2) is 13.2 Å². The first-order valence-corrected chi connectivity index (χ1v) is 6.12. The molecule has 2 rings (SSSR count). The van der Waals surface area contributed by atoms with Crippen molar-refractivity contribution in [3.8, 4) is 5.75 Å². The lowest BCUT2D eigenvalue weighted by Gasteiger charge is -2.20. The predicted octanol–water partition coefficient (Wildman–Crippen LogP) is 3.60. The third-order valence-electron chi connectivity index (χ3n) is 3.56. The van der Waals surface area contributed by atoms with Crippen LogP contribution in [0.5, 0.6) is 5.75 Å². The Morgan fingerprint density at radius 3 is 2.75 bits per heavy atom. The SMILES string of the molecule is COc1cc(C)ccc1NC1CCCC1C. The Morgan fingerprint density at radius 2 is 2.12 bits per heavy atom. The summed E-state index contributed by atoms with van der Waals surface area (Å²) in [5.74, 6) is 1.73. The molecule has 1 N–H and O–H groups in total. The highest BCUT2D eigenvalue weighted by Crippen LogP contribution is 2.32. The number of hydrogen-bond acceptors (Lipinski definition) is 2. The highest BCUT2D eigenvalue weighted by Gasteiger charge is 2.23. The lowest BCUT2D eigenvalue weighted by molar-refractivity contribution is 0.415. The van der Waals surface area contributed by atoms with Crippen molar-refractivity contribution in [2.75, 3.05) is 12.4 Å². The summed E-state index contributed by atoms with van der Waals surface area (Å²) in [5, 5.41) is 3.61. The maximum absolute atomic E-state index is 5.41. The Kier molecular flexibility index (Phi) is 3.37. The molecule has 1 aliphatic rings. The maximum atomic E-state index is 5.41. The molecule has 0 heterocycles. The zero-order valence-corrected chi connectivity index (χ0v) is 10.4. The number of aryl methyl sites for hydroxylation is 1. The summed E-state index contributed by atoms with van der Waals surface area (Å²) in [6.07, 6.45) is 3.96. The minimum absolute atomic E-state index is 0.608. The van der Waals surface area contributed by atoms with Gasteiger partial charge in [0.25, 0.3) is 0 Å². The monoisotopic (exact) mass is 219 g/mol. The van der Waals surface area contributed by atoms with Crippen LogP contribution in [0.25, 0.3) is 0 Å². The Morgan fingerprint density at radius 1 is 1.31 bits per heavy atom. The third-order valence-corrected chi connectivity index (χ3v) is 3.56. The number of nitrogens with one attached hydrogen (secondary N) is 1.